The summed E-state index contributed by atoms with van der Waals surface area (Å²) in [4.78, 5) is 11.9. The summed E-state index contributed by atoms with van der Waals surface area (Å²) in [6.07, 6.45) is 7.60. The van der Waals surface area contributed by atoms with Crippen molar-refractivity contribution in [3.05, 3.63) is 12.7 Å². The van der Waals surface area contributed by atoms with Crippen LogP contribution < -0.4 is 0 Å². The number of hydrogen-bond donors (Lipinski definition) is 0. The van der Waals surface area contributed by atoms with Crippen molar-refractivity contribution < 1.29 is 14.3 Å². The monoisotopic (exact) mass is 238 g/mol. The van der Waals surface area contributed by atoms with Gasteiger partial charge in [0.15, 0.2) is 6.29 Å². The zero-order valence-electron chi connectivity index (χ0n) is 10.4. The Kier molecular flexibility index (Phi) is 4.75. The number of Topliss-reactive ketones (excluding diaryl/α,β-unsaturated/α-hetero) is 1. The van der Waals surface area contributed by atoms with Gasteiger partial charge in [-0.25, -0.2) is 0 Å². The first-order valence-electron chi connectivity index (χ1n) is 6.68. The Bertz CT molecular complexity index is 269. The molecule has 1 aliphatic heterocycles. The van der Waals surface area contributed by atoms with Gasteiger partial charge < -0.3 is 9.47 Å². The van der Waals surface area contributed by atoms with Crippen LogP contribution in [0.4, 0.5) is 0 Å². The highest BCUT2D eigenvalue weighted by atomic mass is 16.7. The van der Waals surface area contributed by atoms with Crippen molar-refractivity contribution in [3.8, 4) is 0 Å². The molecule has 1 saturated heterocycles. The van der Waals surface area contributed by atoms with E-state index >= 15 is 0 Å². The van der Waals surface area contributed by atoms with Crippen LogP contribution in [0.5, 0.6) is 0 Å². The van der Waals surface area contributed by atoms with Crippen molar-refractivity contribution in [2.24, 2.45) is 11.8 Å². The van der Waals surface area contributed by atoms with Crippen LogP contribution in [0.25, 0.3) is 0 Å². The van der Waals surface area contributed by atoms with Gasteiger partial charge in [-0.3, -0.25) is 4.79 Å². The second-order valence-electron chi connectivity index (χ2n) is 5.00. The molecule has 0 bridgehead atoms. The van der Waals surface area contributed by atoms with E-state index in [2.05, 4.69) is 6.58 Å². The van der Waals surface area contributed by atoms with Gasteiger partial charge in [-0.15, -0.1) is 6.58 Å². The molecule has 3 heteroatoms. The summed E-state index contributed by atoms with van der Waals surface area (Å²) in [5.74, 6) is 1.12. The van der Waals surface area contributed by atoms with Crippen molar-refractivity contribution in [3.63, 3.8) is 0 Å². The fourth-order valence-electron chi connectivity index (χ4n) is 2.96. The molecule has 96 valence electrons. The molecule has 2 fully saturated rings. The van der Waals surface area contributed by atoms with Crippen molar-refractivity contribution in [1.82, 2.24) is 0 Å². The minimum atomic E-state index is -0.0311. The van der Waals surface area contributed by atoms with Crippen LogP contribution in [0.2, 0.25) is 0 Å². The predicted octanol–water partition coefficient (Wildman–Crippen LogP) is 2.70. The Balaban J connectivity index is 1.83. The number of ether oxygens (including phenoxy) is 2. The van der Waals surface area contributed by atoms with Crippen LogP contribution in [0, 0.1) is 11.8 Å². The second-order valence-corrected chi connectivity index (χ2v) is 5.00. The lowest BCUT2D eigenvalue weighted by Gasteiger charge is -2.30. The lowest BCUT2D eigenvalue weighted by molar-refractivity contribution is -0.127. The van der Waals surface area contributed by atoms with E-state index in [-0.39, 0.29) is 12.2 Å². The Morgan fingerprint density at radius 1 is 1.29 bits per heavy atom. The maximum atomic E-state index is 11.9. The lowest BCUT2D eigenvalue weighted by atomic mass is 9.74. The van der Waals surface area contributed by atoms with Gasteiger partial charge in [-0.05, 0) is 38.0 Å². The second kappa shape index (κ2) is 6.31. The number of carbonyl (C=O) groups is 1. The number of allylic oxidation sites excluding steroid dienone is 1. The SMILES string of the molecule is C=CC[C@H]1C(=O)CCC[C@@H]1CCC1OCCO1. The van der Waals surface area contributed by atoms with Crippen molar-refractivity contribution in [2.45, 2.75) is 44.8 Å². The smallest absolute Gasteiger partial charge is 0.157 e. The summed E-state index contributed by atoms with van der Waals surface area (Å²) in [6.45, 7) is 5.18. The zero-order valence-corrected chi connectivity index (χ0v) is 10.4. The molecule has 0 amide bonds. The molecule has 1 aliphatic carbocycles. The first-order valence-corrected chi connectivity index (χ1v) is 6.68. The Morgan fingerprint density at radius 2 is 2.06 bits per heavy atom. The summed E-state index contributed by atoms with van der Waals surface area (Å²) in [5.41, 5.74) is 0. The zero-order chi connectivity index (χ0) is 12.1. The molecule has 0 N–H and O–H groups in total. The number of hydrogen-bond acceptors (Lipinski definition) is 3. The van der Waals surface area contributed by atoms with E-state index < -0.39 is 0 Å². The molecule has 1 heterocycles. The van der Waals surface area contributed by atoms with E-state index in [0.717, 1.165) is 38.5 Å². The van der Waals surface area contributed by atoms with Crippen molar-refractivity contribution in [2.75, 3.05) is 13.2 Å². The Labute approximate surface area is 103 Å². The first kappa shape index (κ1) is 12.8. The lowest BCUT2D eigenvalue weighted by Crippen LogP contribution is -2.29. The quantitative estimate of drug-likeness (QED) is 0.691. The van der Waals surface area contributed by atoms with Crippen LogP contribution in [0.1, 0.15) is 38.5 Å². The molecule has 0 spiro atoms. The third-order valence-electron chi connectivity index (χ3n) is 3.87. The summed E-state index contributed by atoms with van der Waals surface area (Å²) >= 11 is 0. The first-order chi connectivity index (χ1) is 8.31. The van der Waals surface area contributed by atoms with Crippen LogP contribution >= 0.6 is 0 Å². The fraction of sp³-hybridized carbons (Fsp3) is 0.786. The molecule has 17 heavy (non-hydrogen) atoms. The average Bonchev–Trinajstić information content (AvgIpc) is 2.83. The van der Waals surface area contributed by atoms with E-state index in [9.17, 15) is 4.79 Å². The van der Waals surface area contributed by atoms with Gasteiger partial charge in [-0.1, -0.05) is 6.08 Å². The van der Waals surface area contributed by atoms with Gasteiger partial charge in [0, 0.05) is 12.3 Å². The molecule has 2 rings (SSSR count). The molecule has 0 unspecified atom stereocenters. The van der Waals surface area contributed by atoms with Gasteiger partial charge in [0.25, 0.3) is 0 Å². The molecule has 0 radical (unpaired) electrons. The number of ketones is 1. The summed E-state index contributed by atoms with van der Waals surface area (Å²) in [7, 11) is 0. The number of carbonyl (C=O) groups excluding carboxylic acids is 1. The summed E-state index contributed by atoms with van der Waals surface area (Å²) in [5, 5.41) is 0. The highest BCUT2D eigenvalue weighted by Gasteiger charge is 2.31. The van der Waals surface area contributed by atoms with Gasteiger partial charge >= 0.3 is 0 Å². The fourth-order valence-corrected chi connectivity index (χ4v) is 2.96. The van der Waals surface area contributed by atoms with Crippen LogP contribution in [0.3, 0.4) is 0 Å². The highest BCUT2D eigenvalue weighted by molar-refractivity contribution is 5.82. The van der Waals surface area contributed by atoms with Gasteiger partial charge in [0.1, 0.15) is 5.78 Å². The Morgan fingerprint density at radius 3 is 2.76 bits per heavy atom. The third-order valence-corrected chi connectivity index (χ3v) is 3.87. The topological polar surface area (TPSA) is 35.5 Å². The van der Waals surface area contributed by atoms with Crippen LogP contribution in [-0.4, -0.2) is 25.3 Å². The van der Waals surface area contributed by atoms with Crippen molar-refractivity contribution >= 4 is 5.78 Å². The largest absolute Gasteiger partial charge is 0.350 e. The van der Waals surface area contributed by atoms with Crippen LogP contribution in [-0.2, 0) is 14.3 Å². The molecule has 0 aromatic heterocycles. The van der Waals surface area contributed by atoms with Crippen molar-refractivity contribution in [1.29, 1.82) is 0 Å². The molecular formula is C14H22O3. The number of rotatable bonds is 5. The Hall–Kier alpha value is -0.670. The maximum absolute atomic E-state index is 11.9. The molecule has 2 aliphatic rings. The highest BCUT2D eigenvalue weighted by Crippen LogP contribution is 2.34. The minimum Gasteiger partial charge on any atom is -0.350 e. The summed E-state index contributed by atoms with van der Waals surface area (Å²) < 4.78 is 10.9. The molecule has 3 nitrogen and oxygen atoms in total. The average molecular weight is 238 g/mol. The van der Waals surface area contributed by atoms with E-state index in [4.69, 9.17) is 9.47 Å². The summed E-state index contributed by atoms with van der Waals surface area (Å²) in [6, 6.07) is 0. The standard InChI is InChI=1S/C14H22O3/c1-2-4-12-11(5-3-6-13(12)15)7-8-14-16-9-10-17-14/h2,11-12,14H,1,3-10H2/t11-,12-/m1/s1. The molecular weight excluding hydrogens is 216 g/mol. The van der Waals surface area contributed by atoms with Crippen LogP contribution in [0.15, 0.2) is 12.7 Å². The maximum Gasteiger partial charge on any atom is 0.157 e. The molecule has 0 aromatic carbocycles. The molecule has 1 saturated carbocycles. The minimum absolute atomic E-state index is 0.0311. The van der Waals surface area contributed by atoms with Gasteiger partial charge in [0.2, 0.25) is 0 Å². The van der Waals surface area contributed by atoms with E-state index in [0.29, 0.717) is 24.9 Å². The van der Waals surface area contributed by atoms with Gasteiger partial charge in [0.05, 0.1) is 13.2 Å². The van der Waals surface area contributed by atoms with E-state index in [1.165, 1.54) is 0 Å². The molecule has 2 atom stereocenters. The normalized spacial score (nSPS) is 30.7. The third kappa shape index (κ3) is 3.39. The van der Waals surface area contributed by atoms with Gasteiger partial charge in [-0.2, -0.15) is 0 Å². The molecule has 0 aromatic rings. The van der Waals surface area contributed by atoms with E-state index in [1.807, 2.05) is 6.08 Å². The predicted molar refractivity (Wildman–Crippen MR) is 65.6 cm³/mol. The van der Waals surface area contributed by atoms with E-state index in [1.54, 1.807) is 0 Å².